The van der Waals surface area contributed by atoms with E-state index in [9.17, 15) is 14.4 Å². The van der Waals surface area contributed by atoms with Crippen molar-refractivity contribution in [2.75, 3.05) is 13.6 Å². The summed E-state index contributed by atoms with van der Waals surface area (Å²) in [5.41, 5.74) is 8.72. The first-order valence-electron chi connectivity index (χ1n) is 10.1. The fourth-order valence-electron chi connectivity index (χ4n) is 5.00. The minimum Gasteiger partial charge on any atom is -0.330 e. The van der Waals surface area contributed by atoms with Crippen LogP contribution in [0.25, 0.3) is 0 Å². The Labute approximate surface area is 165 Å². The molecule has 28 heavy (non-hydrogen) atoms. The molecule has 0 bridgehead atoms. The summed E-state index contributed by atoms with van der Waals surface area (Å²) in [5, 5.41) is 2.34. The van der Waals surface area contributed by atoms with Gasteiger partial charge in [0, 0.05) is 31.1 Å². The number of nitrogens with zero attached hydrogens (tertiary/aromatic N) is 2. The van der Waals surface area contributed by atoms with Crippen molar-refractivity contribution < 1.29 is 14.4 Å². The second-order valence-corrected chi connectivity index (χ2v) is 8.30. The number of hydrogen-bond acceptors (Lipinski definition) is 5. The molecular formula is C21H28N4O3. The van der Waals surface area contributed by atoms with E-state index < -0.39 is 6.04 Å². The zero-order valence-electron chi connectivity index (χ0n) is 16.3. The molecule has 2 aliphatic heterocycles. The van der Waals surface area contributed by atoms with Crippen LogP contribution in [-0.2, 0) is 22.7 Å². The maximum atomic E-state index is 12.8. The summed E-state index contributed by atoms with van der Waals surface area (Å²) in [6.07, 6.45) is 4.28. The third-order valence-corrected chi connectivity index (χ3v) is 6.51. The highest BCUT2D eigenvalue weighted by Gasteiger charge is 2.39. The monoisotopic (exact) mass is 384 g/mol. The van der Waals surface area contributed by atoms with Gasteiger partial charge in [0.1, 0.15) is 6.04 Å². The Bertz CT molecular complexity index is 809. The first-order valence-corrected chi connectivity index (χ1v) is 10.1. The van der Waals surface area contributed by atoms with Crippen molar-refractivity contribution in [2.24, 2.45) is 11.7 Å². The Morgan fingerprint density at radius 3 is 2.79 bits per heavy atom. The van der Waals surface area contributed by atoms with Gasteiger partial charge in [-0.2, -0.15) is 0 Å². The molecular weight excluding hydrogens is 356 g/mol. The summed E-state index contributed by atoms with van der Waals surface area (Å²) in [6.45, 7) is 1.97. The van der Waals surface area contributed by atoms with Gasteiger partial charge in [0.15, 0.2) is 0 Å². The predicted molar refractivity (Wildman–Crippen MR) is 104 cm³/mol. The van der Waals surface area contributed by atoms with Crippen LogP contribution in [0.4, 0.5) is 0 Å². The zero-order valence-corrected chi connectivity index (χ0v) is 16.3. The number of fused-ring (bicyclic) bond motifs is 1. The Hall–Kier alpha value is -2.25. The highest BCUT2D eigenvalue weighted by atomic mass is 16.2. The minimum atomic E-state index is -0.562. The van der Waals surface area contributed by atoms with Gasteiger partial charge in [0.2, 0.25) is 11.8 Å². The van der Waals surface area contributed by atoms with E-state index in [1.165, 1.54) is 24.8 Å². The van der Waals surface area contributed by atoms with Gasteiger partial charge in [-0.3, -0.25) is 24.6 Å². The van der Waals surface area contributed by atoms with Crippen molar-refractivity contribution in [1.82, 2.24) is 15.1 Å². The topological polar surface area (TPSA) is 95.7 Å². The van der Waals surface area contributed by atoms with Crippen LogP contribution in [0.3, 0.4) is 0 Å². The van der Waals surface area contributed by atoms with Crippen LogP contribution in [0.15, 0.2) is 18.2 Å². The molecule has 0 aromatic heterocycles. The number of amides is 3. The van der Waals surface area contributed by atoms with Gasteiger partial charge in [-0.25, -0.2) is 0 Å². The number of rotatable bonds is 5. The number of carbonyl (C=O) groups excluding carboxylic acids is 3. The molecule has 150 valence electrons. The quantitative estimate of drug-likeness (QED) is 0.739. The van der Waals surface area contributed by atoms with E-state index in [1.807, 2.05) is 12.1 Å². The molecule has 3 atom stereocenters. The molecule has 3 unspecified atom stereocenters. The fourth-order valence-corrected chi connectivity index (χ4v) is 5.00. The lowest BCUT2D eigenvalue weighted by atomic mass is 10.0. The van der Waals surface area contributed by atoms with Gasteiger partial charge >= 0.3 is 0 Å². The van der Waals surface area contributed by atoms with E-state index in [2.05, 4.69) is 23.3 Å². The van der Waals surface area contributed by atoms with Crippen molar-refractivity contribution >= 4 is 17.7 Å². The maximum absolute atomic E-state index is 12.8. The van der Waals surface area contributed by atoms with Crippen molar-refractivity contribution in [1.29, 1.82) is 0 Å². The third-order valence-electron chi connectivity index (χ3n) is 6.51. The molecule has 7 heteroatoms. The number of nitrogens with two attached hydrogens (primary N) is 1. The first-order chi connectivity index (χ1) is 13.5. The second-order valence-electron chi connectivity index (χ2n) is 8.30. The summed E-state index contributed by atoms with van der Waals surface area (Å²) in [7, 11) is 2.15. The van der Waals surface area contributed by atoms with Gasteiger partial charge in [0.25, 0.3) is 5.91 Å². The number of nitrogens with one attached hydrogen (secondary N) is 1. The van der Waals surface area contributed by atoms with E-state index in [-0.39, 0.29) is 24.1 Å². The molecule has 1 aromatic carbocycles. The van der Waals surface area contributed by atoms with Gasteiger partial charge in [-0.15, -0.1) is 0 Å². The average Bonchev–Trinajstić information content (AvgIpc) is 3.26. The number of benzene rings is 1. The first kappa shape index (κ1) is 19.1. The lowest BCUT2D eigenvalue weighted by Crippen LogP contribution is -2.52. The standard InChI is InChI=1S/C21H28N4O3/c1-24(17-4-2-3-14(17)10-22)11-13-5-6-16-15(9-13)12-25(21(16)28)18-7-8-19(26)23-20(18)27/h5-6,9,14,17-18H,2-4,7-8,10-12,22H2,1H3,(H,23,26,27). The summed E-state index contributed by atoms with van der Waals surface area (Å²) < 4.78 is 0. The SMILES string of the molecule is CN(Cc1ccc2c(c1)CN(C1CCC(=O)NC1=O)C2=O)C1CCCC1CN. The van der Waals surface area contributed by atoms with Crippen LogP contribution in [0.1, 0.15) is 53.6 Å². The lowest BCUT2D eigenvalue weighted by molar-refractivity contribution is -0.136. The smallest absolute Gasteiger partial charge is 0.255 e. The van der Waals surface area contributed by atoms with Crippen LogP contribution in [-0.4, -0.2) is 53.2 Å². The summed E-state index contributed by atoms with van der Waals surface area (Å²) >= 11 is 0. The largest absolute Gasteiger partial charge is 0.330 e. The molecule has 1 aliphatic carbocycles. The summed E-state index contributed by atoms with van der Waals surface area (Å²) in [4.78, 5) is 40.3. The van der Waals surface area contributed by atoms with Crippen LogP contribution in [0.2, 0.25) is 0 Å². The van der Waals surface area contributed by atoms with E-state index >= 15 is 0 Å². The number of imide groups is 1. The minimum absolute atomic E-state index is 0.122. The van der Waals surface area contributed by atoms with Gasteiger partial charge < -0.3 is 10.6 Å². The Morgan fingerprint density at radius 1 is 1.21 bits per heavy atom. The predicted octanol–water partition coefficient (Wildman–Crippen LogP) is 1.01. The zero-order chi connectivity index (χ0) is 19.8. The second kappa shape index (κ2) is 7.64. The van der Waals surface area contributed by atoms with Crippen LogP contribution in [0.5, 0.6) is 0 Å². The number of piperidine rings is 1. The van der Waals surface area contributed by atoms with Crippen LogP contribution >= 0.6 is 0 Å². The van der Waals surface area contributed by atoms with E-state index in [4.69, 9.17) is 5.73 Å². The third kappa shape index (κ3) is 3.44. The fraction of sp³-hybridized carbons (Fsp3) is 0.571. The highest BCUT2D eigenvalue weighted by molar-refractivity contribution is 6.05. The molecule has 1 saturated carbocycles. The van der Waals surface area contributed by atoms with Crippen LogP contribution < -0.4 is 11.1 Å². The molecule has 3 amide bonds. The molecule has 1 saturated heterocycles. The molecule has 0 radical (unpaired) electrons. The Morgan fingerprint density at radius 2 is 2.04 bits per heavy atom. The molecule has 3 N–H and O–H groups in total. The van der Waals surface area contributed by atoms with E-state index in [1.54, 1.807) is 4.90 Å². The molecule has 3 aliphatic rings. The maximum Gasteiger partial charge on any atom is 0.255 e. The Balaban J connectivity index is 1.46. The molecule has 1 aromatic rings. The average molecular weight is 384 g/mol. The molecule has 4 rings (SSSR count). The summed E-state index contributed by atoms with van der Waals surface area (Å²) in [5.74, 6) is -0.197. The Kier molecular flexibility index (Phi) is 5.21. The molecule has 7 nitrogen and oxygen atoms in total. The van der Waals surface area contributed by atoms with Crippen molar-refractivity contribution in [3.63, 3.8) is 0 Å². The van der Waals surface area contributed by atoms with Gasteiger partial charge in [-0.1, -0.05) is 18.6 Å². The molecule has 2 heterocycles. The van der Waals surface area contributed by atoms with E-state index in [0.717, 1.165) is 18.7 Å². The van der Waals surface area contributed by atoms with Crippen molar-refractivity contribution in [3.8, 4) is 0 Å². The normalized spacial score (nSPS) is 27.5. The number of hydrogen-bond donors (Lipinski definition) is 2. The van der Waals surface area contributed by atoms with Crippen LogP contribution in [0, 0.1) is 5.92 Å². The molecule has 2 fully saturated rings. The summed E-state index contributed by atoms with van der Waals surface area (Å²) in [6, 6.07) is 5.92. The van der Waals surface area contributed by atoms with Crippen molar-refractivity contribution in [2.45, 2.75) is 57.3 Å². The van der Waals surface area contributed by atoms with Gasteiger partial charge in [0.05, 0.1) is 0 Å². The van der Waals surface area contributed by atoms with E-state index in [0.29, 0.717) is 30.5 Å². The highest BCUT2D eigenvalue weighted by Crippen LogP contribution is 2.31. The number of carbonyl (C=O) groups is 3. The van der Waals surface area contributed by atoms with Crippen molar-refractivity contribution in [3.05, 3.63) is 34.9 Å². The van der Waals surface area contributed by atoms with Gasteiger partial charge in [-0.05, 0) is 56.0 Å². The molecule has 0 spiro atoms. The lowest BCUT2D eigenvalue weighted by Gasteiger charge is -2.29.